The maximum absolute atomic E-state index is 11.8. The summed E-state index contributed by atoms with van der Waals surface area (Å²) < 4.78 is 5.54. The van der Waals surface area contributed by atoms with Crippen LogP contribution in [0.5, 0.6) is 0 Å². The first-order chi connectivity index (χ1) is 16.7. The molecule has 1 heterocycles. The number of rotatable bonds is 7. The van der Waals surface area contributed by atoms with Crippen molar-refractivity contribution in [2.24, 2.45) is 29.1 Å². The van der Waals surface area contributed by atoms with Gasteiger partial charge in [-0.2, -0.15) is 0 Å². The third kappa shape index (κ3) is 5.23. The van der Waals surface area contributed by atoms with Gasteiger partial charge in [-0.15, -0.1) is 0 Å². The average Bonchev–Trinajstić information content (AvgIpc) is 3.33. The van der Waals surface area contributed by atoms with E-state index in [0.29, 0.717) is 54.6 Å². The molecule has 0 unspecified atom stereocenters. The van der Waals surface area contributed by atoms with Crippen molar-refractivity contribution < 1.29 is 24.9 Å². The van der Waals surface area contributed by atoms with Crippen LogP contribution in [-0.2, 0) is 9.53 Å². The lowest BCUT2D eigenvalue weighted by Gasteiger charge is -2.44. The number of fused-ring (bicyclic) bond motifs is 1. The first-order valence-electron chi connectivity index (χ1n) is 13.6. The Morgan fingerprint density at radius 1 is 1.20 bits per heavy atom. The molecule has 0 amide bonds. The van der Waals surface area contributed by atoms with Crippen molar-refractivity contribution >= 4 is 5.97 Å². The summed E-state index contributed by atoms with van der Waals surface area (Å²) >= 11 is 0. The minimum absolute atomic E-state index is 0.0210. The normalized spacial score (nSPS) is 40.9. The Morgan fingerprint density at radius 2 is 1.97 bits per heavy atom. The molecule has 8 atom stereocenters. The van der Waals surface area contributed by atoms with Gasteiger partial charge in [0, 0.05) is 24.5 Å². The van der Waals surface area contributed by atoms with Gasteiger partial charge in [-0.05, 0) is 92.1 Å². The number of hydrogen-bond acceptors (Lipinski definition) is 5. The van der Waals surface area contributed by atoms with E-state index in [4.69, 9.17) is 9.84 Å². The molecular formula is C30H44O5. The summed E-state index contributed by atoms with van der Waals surface area (Å²) in [4.78, 5) is 11.8. The van der Waals surface area contributed by atoms with Crippen molar-refractivity contribution in [1.82, 2.24) is 0 Å². The Labute approximate surface area is 210 Å². The monoisotopic (exact) mass is 484 g/mol. The van der Waals surface area contributed by atoms with Crippen molar-refractivity contribution in [3.05, 3.63) is 47.6 Å². The third-order valence-electron chi connectivity index (χ3n) is 9.69. The molecular weight excluding hydrogens is 440 g/mol. The lowest BCUT2D eigenvalue weighted by Crippen LogP contribution is -2.38. The molecule has 0 aromatic heterocycles. The topological polar surface area (TPSA) is 87.0 Å². The maximum atomic E-state index is 11.8. The summed E-state index contributed by atoms with van der Waals surface area (Å²) in [5.74, 6) is 1.16. The Morgan fingerprint density at radius 3 is 2.66 bits per heavy atom. The van der Waals surface area contributed by atoms with Gasteiger partial charge in [0.25, 0.3) is 0 Å². The number of esters is 1. The van der Waals surface area contributed by atoms with Crippen molar-refractivity contribution in [3.63, 3.8) is 0 Å². The molecule has 5 nitrogen and oxygen atoms in total. The van der Waals surface area contributed by atoms with Gasteiger partial charge in [0.05, 0.1) is 12.2 Å². The number of ether oxygens (including phenoxy) is 1. The van der Waals surface area contributed by atoms with Crippen LogP contribution in [0.15, 0.2) is 47.6 Å². The van der Waals surface area contributed by atoms with E-state index in [-0.39, 0.29) is 30.0 Å². The van der Waals surface area contributed by atoms with Crippen molar-refractivity contribution in [1.29, 1.82) is 0 Å². The highest BCUT2D eigenvalue weighted by atomic mass is 16.5. The molecule has 4 rings (SSSR count). The van der Waals surface area contributed by atoms with E-state index in [1.165, 1.54) is 31.3 Å². The van der Waals surface area contributed by atoms with Crippen LogP contribution in [0.1, 0.15) is 78.1 Å². The molecule has 0 spiro atoms. The molecule has 0 aromatic carbocycles. The fourth-order valence-corrected chi connectivity index (χ4v) is 7.79. The van der Waals surface area contributed by atoms with Crippen LogP contribution >= 0.6 is 0 Å². The van der Waals surface area contributed by atoms with Gasteiger partial charge < -0.3 is 20.1 Å². The number of cyclic esters (lactones) is 1. The van der Waals surface area contributed by atoms with Gasteiger partial charge >= 0.3 is 5.97 Å². The molecule has 0 aromatic rings. The largest absolute Gasteiger partial charge is 0.459 e. The summed E-state index contributed by atoms with van der Waals surface area (Å²) in [6, 6.07) is 0. The fourth-order valence-electron chi connectivity index (χ4n) is 7.79. The predicted octanol–water partition coefficient (Wildman–Crippen LogP) is 5.02. The van der Waals surface area contributed by atoms with Crippen LogP contribution in [0.4, 0.5) is 0 Å². The lowest BCUT2D eigenvalue weighted by atomic mass is 9.60. The number of allylic oxidation sites excluding steroid dienone is 3. The molecule has 0 bridgehead atoms. The van der Waals surface area contributed by atoms with Crippen LogP contribution in [0.2, 0.25) is 0 Å². The number of hydrogen-bond donors (Lipinski definition) is 3. The Balaban J connectivity index is 1.45. The lowest BCUT2D eigenvalue weighted by molar-refractivity contribution is -0.139. The van der Waals surface area contributed by atoms with Crippen molar-refractivity contribution in [2.45, 2.75) is 96.4 Å². The second-order valence-electron chi connectivity index (χ2n) is 11.8. The minimum Gasteiger partial charge on any atom is -0.459 e. The number of carbonyl (C=O) groups is 1. The highest BCUT2D eigenvalue weighted by Gasteiger charge is 2.51. The molecule has 5 heteroatoms. The van der Waals surface area contributed by atoms with E-state index >= 15 is 0 Å². The van der Waals surface area contributed by atoms with Gasteiger partial charge in [0.1, 0.15) is 6.10 Å². The van der Waals surface area contributed by atoms with E-state index in [0.717, 1.165) is 18.4 Å². The highest BCUT2D eigenvalue weighted by Crippen LogP contribution is 2.60. The smallest absolute Gasteiger partial charge is 0.333 e. The molecule has 35 heavy (non-hydrogen) atoms. The molecule has 4 fully saturated rings. The second-order valence-corrected chi connectivity index (χ2v) is 11.8. The van der Waals surface area contributed by atoms with E-state index < -0.39 is 12.2 Å². The molecule has 4 aliphatic rings. The van der Waals surface area contributed by atoms with Gasteiger partial charge in [0.15, 0.2) is 0 Å². The first kappa shape index (κ1) is 26.4. The standard InChI is InChI=1S/C30H44O5/c1-18(15-23-16-19(2)29(34)35-23)25-11-12-26-21(7-5-13-30(25,26)4)9-10-22-17-27(32)24(8-6-14-31)28(33)20(22)3/h9-10,18,23-28,31-33H,2-3,5-8,11-17H2,1,4H3/b21-9+,22-10-/t18-,23-,24+,25-,26+,27-,28-,30-/m1/s1. The zero-order chi connectivity index (χ0) is 25.3. The summed E-state index contributed by atoms with van der Waals surface area (Å²) in [6.45, 7) is 12.8. The second kappa shape index (κ2) is 10.7. The van der Waals surface area contributed by atoms with Gasteiger partial charge in [-0.1, -0.05) is 44.7 Å². The molecule has 1 saturated heterocycles. The van der Waals surface area contributed by atoms with E-state index in [9.17, 15) is 15.0 Å². The number of aliphatic hydroxyl groups excluding tert-OH is 3. The first-order valence-corrected chi connectivity index (χ1v) is 13.6. The molecule has 3 N–H and O–H groups in total. The highest BCUT2D eigenvalue weighted by molar-refractivity contribution is 5.89. The molecule has 3 aliphatic carbocycles. The summed E-state index contributed by atoms with van der Waals surface area (Å²) in [5, 5.41) is 30.5. The Bertz CT molecular complexity index is 884. The van der Waals surface area contributed by atoms with Crippen LogP contribution < -0.4 is 0 Å². The zero-order valence-electron chi connectivity index (χ0n) is 21.5. The fraction of sp³-hybridized carbons (Fsp3) is 0.700. The number of carbonyl (C=O) groups excluding carboxylic acids is 1. The molecule has 1 aliphatic heterocycles. The Hall–Kier alpha value is -1.69. The molecule has 194 valence electrons. The van der Waals surface area contributed by atoms with Gasteiger partial charge in [0.2, 0.25) is 0 Å². The van der Waals surface area contributed by atoms with E-state index in [2.05, 4.69) is 39.2 Å². The molecule has 3 saturated carbocycles. The summed E-state index contributed by atoms with van der Waals surface area (Å²) in [6.07, 6.45) is 12.1. The minimum atomic E-state index is -0.760. The summed E-state index contributed by atoms with van der Waals surface area (Å²) in [5.41, 5.74) is 3.99. The van der Waals surface area contributed by atoms with E-state index in [1.807, 2.05) is 0 Å². The average molecular weight is 485 g/mol. The molecule has 0 radical (unpaired) electrons. The maximum Gasteiger partial charge on any atom is 0.333 e. The van der Waals surface area contributed by atoms with Crippen LogP contribution in [0, 0.1) is 29.1 Å². The van der Waals surface area contributed by atoms with Crippen LogP contribution in [0.25, 0.3) is 0 Å². The zero-order valence-corrected chi connectivity index (χ0v) is 21.5. The summed E-state index contributed by atoms with van der Waals surface area (Å²) in [7, 11) is 0. The van der Waals surface area contributed by atoms with Crippen molar-refractivity contribution in [2.75, 3.05) is 6.61 Å². The predicted molar refractivity (Wildman–Crippen MR) is 137 cm³/mol. The Kier molecular flexibility index (Phi) is 8.09. The van der Waals surface area contributed by atoms with Crippen molar-refractivity contribution in [3.8, 4) is 0 Å². The van der Waals surface area contributed by atoms with Gasteiger partial charge in [-0.3, -0.25) is 0 Å². The van der Waals surface area contributed by atoms with E-state index in [1.54, 1.807) is 0 Å². The van der Waals surface area contributed by atoms with Gasteiger partial charge in [-0.25, -0.2) is 4.79 Å². The quantitative estimate of drug-likeness (QED) is 0.349. The SMILES string of the molecule is C=C1C[C@@H](C[C@@H](C)[C@H]2CC[C@H]3/C(=C/C=C4/C[C@@H](O)[C@H](CCCO)[C@H](O)C4=C)CCC[C@]23C)OC1=O. The number of aliphatic hydroxyl groups is 3. The van der Waals surface area contributed by atoms with Crippen LogP contribution in [0.3, 0.4) is 0 Å². The van der Waals surface area contributed by atoms with Crippen LogP contribution in [-0.4, -0.2) is 46.2 Å². The third-order valence-corrected chi connectivity index (χ3v) is 9.69.